The average Bonchev–Trinajstić information content (AvgIpc) is 2.99. The van der Waals surface area contributed by atoms with Crippen molar-refractivity contribution in [3.8, 4) is 0 Å². The quantitative estimate of drug-likeness (QED) is 0.805. The minimum absolute atomic E-state index is 0.0260. The van der Waals surface area contributed by atoms with E-state index in [0.717, 1.165) is 16.8 Å². The van der Waals surface area contributed by atoms with E-state index >= 15 is 0 Å². The molecule has 3 aromatic rings. The third kappa shape index (κ3) is 2.75. The predicted octanol–water partition coefficient (Wildman–Crippen LogP) is 2.72. The number of nitrogens with two attached hydrogens (primary N) is 1. The lowest BCUT2D eigenvalue weighted by molar-refractivity contribution is 0.558. The van der Waals surface area contributed by atoms with Gasteiger partial charge >= 0.3 is 0 Å². The minimum atomic E-state index is -0.216. The van der Waals surface area contributed by atoms with Crippen molar-refractivity contribution in [3.63, 3.8) is 0 Å². The molecule has 0 radical (unpaired) electrons. The maximum Gasteiger partial charge on any atom is 0.262 e. The molecule has 0 fully saturated rings. The molecule has 2 heterocycles. The molecule has 0 aliphatic heterocycles. The number of fused-ring (bicyclic) bond motifs is 1. The van der Waals surface area contributed by atoms with Crippen molar-refractivity contribution >= 4 is 21.6 Å². The van der Waals surface area contributed by atoms with Gasteiger partial charge in [-0.15, -0.1) is 11.3 Å². The largest absolute Gasteiger partial charge is 0.322 e. The van der Waals surface area contributed by atoms with Crippen molar-refractivity contribution in [2.75, 3.05) is 0 Å². The Hall–Kier alpha value is -1.98. The average molecular weight is 299 g/mol. The second kappa shape index (κ2) is 5.79. The molecule has 1 unspecified atom stereocenters. The van der Waals surface area contributed by atoms with E-state index in [4.69, 9.17) is 5.73 Å². The summed E-state index contributed by atoms with van der Waals surface area (Å²) in [6, 6.07) is 9.83. The van der Waals surface area contributed by atoms with Crippen LogP contribution < -0.4 is 11.3 Å². The fraction of sp³-hybridized carbons (Fsp3) is 0.250. The van der Waals surface area contributed by atoms with Crippen LogP contribution in [0.1, 0.15) is 24.1 Å². The van der Waals surface area contributed by atoms with E-state index in [1.165, 1.54) is 16.9 Å². The molecule has 4 nitrogen and oxygen atoms in total. The van der Waals surface area contributed by atoms with Gasteiger partial charge in [-0.3, -0.25) is 9.36 Å². The van der Waals surface area contributed by atoms with Crippen LogP contribution in [-0.2, 0) is 13.0 Å². The van der Waals surface area contributed by atoms with Gasteiger partial charge in [-0.2, -0.15) is 0 Å². The zero-order valence-electron chi connectivity index (χ0n) is 11.8. The SMILES string of the molecule is CCc1ccc(C(N)Cn2cnc3sccc3c2=O)cc1. The Bertz CT molecular complexity index is 804. The van der Waals surface area contributed by atoms with Crippen molar-refractivity contribution in [1.29, 1.82) is 0 Å². The second-order valence-corrected chi connectivity index (χ2v) is 5.94. The Kier molecular flexibility index (Phi) is 3.86. The molecule has 2 N–H and O–H groups in total. The first-order valence-electron chi connectivity index (χ1n) is 6.96. The molecule has 108 valence electrons. The monoisotopic (exact) mass is 299 g/mol. The summed E-state index contributed by atoms with van der Waals surface area (Å²) in [4.78, 5) is 17.4. The van der Waals surface area contributed by atoms with E-state index in [-0.39, 0.29) is 11.6 Å². The Morgan fingerprint density at radius 3 is 2.76 bits per heavy atom. The first-order chi connectivity index (χ1) is 10.2. The van der Waals surface area contributed by atoms with Crippen LogP contribution in [0.4, 0.5) is 0 Å². The molecular formula is C16H17N3OS. The van der Waals surface area contributed by atoms with E-state index in [1.807, 2.05) is 23.6 Å². The Labute approximate surface area is 126 Å². The maximum atomic E-state index is 12.3. The number of hydrogen-bond acceptors (Lipinski definition) is 4. The van der Waals surface area contributed by atoms with Gasteiger partial charge in [0, 0.05) is 12.6 Å². The van der Waals surface area contributed by atoms with E-state index < -0.39 is 0 Å². The van der Waals surface area contributed by atoms with Crippen molar-refractivity contribution < 1.29 is 0 Å². The van der Waals surface area contributed by atoms with Crippen LogP contribution in [-0.4, -0.2) is 9.55 Å². The van der Waals surface area contributed by atoms with Gasteiger partial charge in [0.2, 0.25) is 0 Å². The first kappa shape index (κ1) is 14.0. The van der Waals surface area contributed by atoms with E-state index in [0.29, 0.717) is 11.9 Å². The maximum absolute atomic E-state index is 12.3. The van der Waals surface area contributed by atoms with Crippen molar-refractivity contribution in [3.05, 3.63) is 63.5 Å². The summed E-state index contributed by atoms with van der Waals surface area (Å²) >= 11 is 1.47. The van der Waals surface area contributed by atoms with Crippen molar-refractivity contribution in [2.45, 2.75) is 25.9 Å². The van der Waals surface area contributed by atoms with Crippen LogP contribution in [0.25, 0.3) is 10.2 Å². The smallest absolute Gasteiger partial charge is 0.262 e. The highest BCUT2D eigenvalue weighted by atomic mass is 32.1. The number of nitrogens with zero attached hydrogens (tertiary/aromatic N) is 2. The van der Waals surface area contributed by atoms with Crippen LogP contribution in [0.3, 0.4) is 0 Å². The van der Waals surface area contributed by atoms with Gasteiger partial charge in [-0.05, 0) is 29.0 Å². The summed E-state index contributed by atoms with van der Waals surface area (Å²) in [6.07, 6.45) is 2.59. The number of benzene rings is 1. The van der Waals surface area contributed by atoms with Gasteiger partial charge in [0.05, 0.1) is 11.7 Å². The number of rotatable bonds is 4. The lowest BCUT2D eigenvalue weighted by atomic mass is 10.0. The van der Waals surface area contributed by atoms with E-state index in [2.05, 4.69) is 24.0 Å². The first-order valence-corrected chi connectivity index (χ1v) is 7.84. The summed E-state index contributed by atoms with van der Waals surface area (Å²) in [7, 11) is 0. The van der Waals surface area contributed by atoms with Gasteiger partial charge in [0.1, 0.15) is 4.83 Å². The third-order valence-electron chi connectivity index (χ3n) is 3.66. The summed E-state index contributed by atoms with van der Waals surface area (Å²) in [5.41, 5.74) is 8.51. The topological polar surface area (TPSA) is 60.9 Å². The normalized spacial score (nSPS) is 12.7. The van der Waals surface area contributed by atoms with Crippen molar-refractivity contribution in [1.82, 2.24) is 9.55 Å². The van der Waals surface area contributed by atoms with Crippen LogP contribution in [0.15, 0.2) is 46.8 Å². The van der Waals surface area contributed by atoms with E-state index in [1.54, 1.807) is 10.9 Å². The lowest BCUT2D eigenvalue weighted by Crippen LogP contribution is -2.26. The molecule has 1 atom stereocenters. The molecule has 2 aromatic heterocycles. The molecule has 0 aliphatic rings. The Morgan fingerprint density at radius 1 is 1.29 bits per heavy atom. The summed E-state index contributed by atoms with van der Waals surface area (Å²) in [5.74, 6) is 0. The van der Waals surface area contributed by atoms with Crippen LogP contribution in [0.2, 0.25) is 0 Å². The standard InChI is InChI=1S/C16H17N3OS/c1-2-11-3-5-12(6-4-11)14(17)9-19-10-18-15-13(16(19)20)7-8-21-15/h3-8,10,14H,2,9,17H2,1H3. The van der Waals surface area contributed by atoms with Crippen LogP contribution in [0.5, 0.6) is 0 Å². The lowest BCUT2D eigenvalue weighted by Gasteiger charge is -2.14. The Morgan fingerprint density at radius 2 is 2.05 bits per heavy atom. The van der Waals surface area contributed by atoms with Crippen LogP contribution >= 0.6 is 11.3 Å². The second-order valence-electron chi connectivity index (χ2n) is 5.04. The minimum Gasteiger partial charge on any atom is -0.322 e. The molecule has 0 amide bonds. The molecule has 1 aromatic carbocycles. The van der Waals surface area contributed by atoms with Gasteiger partial charge in [-0.25, -0.2) is 4.98 Å². The molecule has 0 saturated carbocycles. The zero-order chi connectivity index (χ0) is 14.8. The number of aryl methyl sites for hydroxylation is 1. The van der Waals surface area contributed by atoms with Gasteiger partial charge in [0.25, 0.3) is 5.56 Å². The highest BCUT2D eigenvalue weighted by Crippen LogP contribution is 2.16. The van der Waals surface area contributed by atoms with Crippen LogP contribution in [0, 0.1) is 0 Å². The molecular weight excluding hydrogens is 282 g/mol. The summed E-state index contributed by atoms with van der Waals surface area (Å²) in [5, 5.41) is 2.54. The molecule has 0 bridgehead atoms. The van der Waals surface area contributed by atoms with E-state index in [9.17, 15) is 4.79 Å². The number of aromatic nitrogens is 2. The van der Waals surface area contributed by atoms with Gasteiger partial charge < -0.3 is 5.73 Å². The zero-order valence-corrected chi connectivity index (χ0v) is 12.6. The van der Waals surface area contributed by atoms with Gasteiger partial charge in [-0.1, -0.05) is 31.2 Å². The van der Waals surface area contributed by atoms with Crippen molar-refractivity contribution in [2.24, 2.45) is 5.73 Å². The fourth-order valence-electron chi connectivity index (χ4n) is 2.34. The molecule has 0 saturated heterocycles. The third-order valence-corrected chi connectivity index (χ3v) is 4.48. The number of hydrogen-bond donors (Lipinski definition) is 1. The molecule has 3 rings (SSSR count). The molecule has 21 heavy (non-hydrogen) atoms. The van der Waals surface area contributed by atoms with Gasteiger partial charge in [0.15, 0.2) is 0 Å². The summed E-state index contributed by atoms with van der Waals surface area (Å²) < 4.78 is 1.59. The highest BCUT2D eigenvalue weighted by molar-refractivity contribution is 7.16. The fourth-order valence-corrected chi connectivity index (χ4v) is 3.06. The highest BCUT2D eigenvalue weighted by Gasteiger charge is 2.10. The predicted molar refractivity (Wildman–Crippen MR) is 86.6 cm³/mol. The molecule has 0 spiro atoms. The molecule has 0 aliphatic carbocycles. The summed E-state index contributed by atoms with van der Waals surface area (Å²) in [6.45, 7) is 2.55. The Balaban J connectivity index is 1.86. The molecule has 5 heteroatoms. The number of thiophene rings is 1.